The Morgan fingerprint density at radius 2 is 0.573 bits per heavy atom. The van der Waals surface area contributed by atoms with Crippen LogP contribution in [0.4, 0.5) is 0 Å². The quantitative estimate of drug-likeness (QED) is 0.0320. The highest BCUT2D eigenvalue weighted by Gasteiger charge is 2.20. The van der Waals surface area contributed by atoms with Crippen molar-refractivity contribution in [3.05, 3.63) is 24.3 Å². The molecule has 0 saturated carbocycles. The van der Waals surface area contributed by atoms with Gasteiger partial charge in [-0.2, -0.15) is 0 Å². The molecule has 82 heavy (non-hydrogen) atoms. The molecule has 486 valence electrons. The van der Waals surface area contributed by atoms with Crippen LogP contribution in [0.25, 0.3) is 0 Å². The zero-order valence-corrected chi connectivity index (χ0v) is 55.8. The predicted octanol–water partition coefficient (Wildman–Crippen LogP) is 24.5. The van der Waals surface area contributed by atoms with Gasteiger partial charge in [-0.3, -0.25) is 9.59 Å². The third kappa shape index (κ3) is 67.5. The van der Waals surface area contributed by atoms with Gasteiger partial charge in [0, 0.05) is 12.8 Å². The van der Waals surface area contributed by atoms with E-state index in [4.69, 9.17) is 4.74 Å². The first-order chi connectivity index (χ1) is 40.5. The topological polar surface area (TPSA) is 95.9 Å². The first kappa shape index (κ1) is 80.3. The molecule has 2 unspecified atom stereocenters. The summed E-state index contributed by atoms with van der Waals surface area (Å²) in [4.78, 5) is 24.6. The third-order valence-corrected chi connectivity index (χ3v) is 17.7. The maximum atomic E-state index is 12.5. The minimum absolute atomic E-state index is 0.0192. The van der Waals surface area contributed by atoms with Crippen molar-refractivity contribution in [1.82, 2.24) is 5.32 Å². The Hall–Kier alpha value is -1.66. The molecule has 0 heterocycles. The normalized spacial score (nSPS) is 12.6. The fraction of sp³-hybridized carbons (Fsp3) is 0.921. The van der Waals surface area contributed by atoms with Crippen molar-refractivity contribution in [2.75, 3.05) is 13.2 Å². The van der Waals surface area contributed by atoms with Gasteiger partial charge in [-0.05, 0) is 77.0 Å². The molecule has 0 rings (SSSR count). The van der Waals surface area contributed by atoms with Gasteiger partial charge in [0.1, 0.15) is 0 Å². The van der Waals surface area contributed by atoms with Crippen molar-refractivity contribution < 1.29 is 24.5 Å². The molecule has 0 spiro atoms. The molecule has 0 aliphatic rings. The number of aliphatic hydroxyl groups is 2. The summed E-state index contributed by atoms with van der Waals surface area (Å²) in [6, 6.07) is -0.536. The van der Waals surface area contributed by atoms with Crippen molar-refractivity contribution >= 4 is 11.9 Å². The van der Waals surface area contributed by atoms with Crippen molar-refractivity contribution in [3.63, 3.8) is 0 Å². The molecule has 6 heteroatoms. The van der Waals surface area contributed by atoms with Crippen LogP contribution in [0.5, 0.6) is 0 Å². The molecule has 3 N–H and O–H groups in total. The number of nitrogens with one attached hydrogen (secondary N) is 1. The second-order valence-electron chi connectivity index (χ2n) is 26.0. The number of carbonyl (C=O) groups is 2. The van der Waals surface area contributed by atoms with Crippen molar-refractivity contribution in [3.8, 4) is 0 Å². The first-order valence-corrected chi connectivity index (χ1v) is 37.6. The number of amides is 1. The van der Waals surface area contributed by atoms with Crippen LogP contribution >= 0.6 is 0 Å². The third-order valence-electron chi connectivity index (χ3n) is 17.7. The van der Waals surface area contributed by atoms with Gasteiger partial charge in [0.2, 0.25) is 5.91 Å². The van der Waals surface area contributed by atoms with Crippen molar-refractivity contribution in [2.24, 2.45) is 0 Å². The van der Waals surface area contributed by atoms with Crippen LogP contribution in [0.2, 0.25) is 0 Å². The Morgan fingerprint density at radius 1 is 0.329 bits per heavy atom. The van der Waals surface area contributed by atoms with E-state index in [9.17, 15) is 19.8 Å². The first-order valence-electron chi connectivity index (χ1n) is 37.6. The molecule has 0 radical (unpaired) electrons. The van der Waals surface area contributed by atoms with Crippen LogP contribution in [0.1, 0.15) is 425 Å². The maximum absolute atomic E-state index is 12.5. The van der Waals surface area contributed by atoms with E-state index in [0.717, 1.165) is 38.5 Å². The molecular formula is C76H147NO5. The van der Waals surface area contributed by atoms with Gasteiger partial charge in [-0.25, -0.2) is 0 Å². The van der Waals surface area contributed by atoms with E-state index < -0.39 is 12.1 Å². The molecule has 0 saturated heterocycles. The van der Waals surface area contributed by atoms with E-state index >= 15 is 0 Å². The number of ether oxygens (including phenoxy) is 1. The second kappa shape index (κ2) is 71.8. The number of esters is 1. The van der Waals surface area contributed by atoms with Crippen LogP contribution in [-0.4, -0.2) is 47.4 Å². The summed E-state index contributed by atoms with van der Waals surface area (Å²) in [5.74, 6) is -0.0113. The number of hydrogen-bond donors (Lipinski definition) is 3. The van der Waals surface area contributed by atoms with Crippen molar-refractivity contribution in [1.29, 1.82) is 0 Å². The molecule has 6 nitrogen and oxygen atoms in total. The number of hydrogen-bond acceptors (Lipinski definition) is 5. The SMILES string of the molecule is CCCCCCCCC/C=C\CCCCCCCCCC(=O)OCCCCCCCCCCCCCCCCCC/C=C\CCCCCCCCCCCCCCCCCCCC(=O)NC(CO)C(O)CCCCCCCCCCCC. The van der Waals surface area contributed by atoms with Gasteiger partial charge in [0.05, 0.1) is 25.4 Å². The van der Waals surface area contributed by atoms with Gasteiger partial charge in [0.25, 0.3) is 0 Å². The van der Waals surface area contributed by atoms with E-state index in [1.807, 2.05) is 0 Å². The maximum Gasteiger partial charge on any atom is 0.305 e. The Morgan fingerprint density at radius 3 is 0.866 bits per heavy atom. The standard InChI is InChI=1S/C76H147NO5/c1-3-5-7-9-11-13-15-16-17-18-41-44-47-50-54-58-62-66-70-76(81)82-71-67-63-59-55-51-48-45-42-39-37-35-33-31-29-27-25-23-21-19-20-22-24-26-28-30-32-34-36-38-40-43-46-49-53-57-61-65-69-75(80)77-73(72-78)74(79)68-64-60-56-52-14-12-10-8-6-4-2/h17-19,21,73-74,78-79H,3-16,20,22-72H2,1-2H3,(H,77,80)/b18-17-,21-19-. The molecular weight excluding hydrogens is 1010 g/mol. The summed E-state index contributed by atoms with van der Waals surface area (Å²) < 4.78 is 5.51. The zero-order valence-electron chi connectivity index (χ0n) is 55.8. The molecule has 0 aliphatic heterocycles. The molecule has 0 bridgehead atoms. The minimum atomic E-state index is -0.659. The molecule has 0 aromatic rings. The molecule has 0 aliphatic carbocycles. The van der Waals surface area contributed by atoms with Gasteiger partial charge >= 0.3 is 5.97 Å². The van der Waals surface area contributed by atoms with Crippen LogP contribution in [-0.2, 0) is 14.3 Å². The molecule has 0 aromatic carbocycles. The fourth-order valence-corrected chi connectivity index (χ4v) is 12.0. The minimum Gasteiger partial charge on any atom is -0.466 e. The zero-order chi connectivity index (χ0) is 59.2. The van der Waals surface area contributed by atoms with Gasteiger partial charge < -0.3 is 20.3 Å². The smallest absolute Gasteiger partial charge is 0.305 e. The average molecular weight is 1160 g/mol. The van der Waals surface area contributed by atoms with Gasteiger partial charge in [-0.1, -0.05) is 359 Å². The summed E-state index contributed by atoms with van der Waals surface area (Å²) in [5, 5.41) is 23.2. The highest BCUT2D eigenvalue weighted by molar-refractivity contribution is 5.76. The molecule has 2 atom stereocenters. The summed E-state index contributed by atoms with van der Waals surface area (Å²) in [6.45, 7) is 4.97. The average Bonchev–Trinajstić information content (AvgIpc) is 3.48. The number of allylic oxidation sites excluding steroid dienone is 4. The van der Waals surface area contributed by atoms with Crippen LogP contribution in [0.3, 0.4) is 0 Å². The lowest BCUT2D eigenvalue weighted by Crippen LogP contribution is -2.45. The lowest BCUT2D eigenvalue weighted by Gasteiger charge is -2.22. The van der Waals surface area contributed by atoms with Crippen LogP contribution < -0.4 is 5.32 Å². The van der Waals surface area contributed by atoms with E-state index in [0.29, 0.717) is 25.9 Å². The lowest BCUT2D eigenvalue weighted by atomic mass is 10.0. The highest BCUT2D eigenvalue weighted by atomic mass is 16.5. The summed E-state index contributed by atoms with van der Waals surface area (Å²) in [5.41, 5.74) is 0. The summed E-state index contributed by atoms with van der Waals surface area (Å²) >= 11 is 0. The Labute approximate surface area is 513 Å². The molecule has 1 amide bonds. The Kier molecular flexibility index (Phi) is 70.4. The molecule has 0 aromatic heterocycles. The van der Waals surface area contributed by atoms with Gasteiger partial charge in [0.15, 0.2) is 0 Å². The molecule has 0 fully saturated rings. The Balaban J connectivity index is 3.29. The number of unbranched alkanes of at least 4 members (excludes halogenated alkanes) is 56. The second-order valence-corrected chi connectivity index (χ2v) is 26.0. The van der Waals surface area contributed by atoms with Crippen LogP contribution in [0.15, 0.2) is 24.3 Å². The summed E-state index contributed by atoms with van der Waals surface area (Å²) in [6.07, 6.45) is 91.3. The van der Waals surface area contributed by atoms with Gasteiger partial charge in [-0.15, -0.1) is 0 Å². The summed E-state index contributed by atoms with van der Waals surface area (Å²) in [7, 11) is 0. The highest BCUT2D eigenvalue weighted by Crippen LogP contribution is 2.19. The van der Waals surface area contributed by atoms with E-state index in [1.165, 1.54) is 353 Å². The van der Waals surface area contributed by atoms with E-state index in [-0.39, 0.29) is 18.5 Å². The predicted molar refractivity (Wildman–Crippen MR) is 361 cm³/mol. The number of aliphatic hydroxyl groups excluding tert-OH is 2. The monoisotopic (exact) mass is 1150 g/mol. The number of carbonyl (C=O) groups excluding carboxylic acids is 2. The van der Waals surface area contributed by atoms with Crippen molar-refractivity contribution in [2.45, 2.75) is 437 Å². The Bertz CT molecular complexity index is 1280. The van der Waals surface area contributed by atoms with E-state index in [1.54, 1.807) is 0 Å². The fourth-order valence-electron chi connectivity index (χ4n) is 12.0. The van der Waals surface area contributed by atoms with E-state index in [2.05, 4.69) is 43.5 Å². The lowest BCUT2D eigenvalue weighted by molar-refractivity contribution is -0.143. The van der Waals surface area contributed by atoms with Crippen LogP contribution in [0, 0.1) is 0 Å². The largest absolute Gasteiger partial charge is 0.466 e. The number of rotatable bonds is 71.